The Morgan fingerprint density at radius 2 is 1.67 bits per heavy atom. The highest BCUT2D eigenvalue weighted by Crippen LogP contribution is 2.24. The summed E-state index contributed by atoms with van der Waals surface area (Å²) in [6, 6.07) is 15.8. The maximum atomic E-state index is 6.04. The largest absolute Gasteiger partial charge is 0.115 e. The van der Waals surface area contributed by atoms with Crippen molar-refractivity contribution in [3.63, 3.8) is 0 Å². The van der Waals surface area contributed by atoms with Crippen molar-refractivity contribution < 1.29 is 0 Å². The summed E-state index contributed by atoms with van der Waals surface area (Å²) in [6.07, 6.45) is 5.30. The lowest BCUT2D eigenvalue weighted by Crippen LogP contribution is -1.80. The van der Waals surface area contributed by atoms with Gasteiger partial charge in [0, 0.05) is 5.56 Å². The lowest BCUT2D eigenvalue weighted by Gasteiger charge is -2.03. The average molecular weight is 213 g/mol. The summed E-state index contributed by atoms with van der Waals surface area (Å²) >= 11 is 6.04. The van der Waals surface area contributed by atoms with Gasteiger partial charge in [-0.1, -0.05) is 53.9 Å². The fourth-order valence-corrected chi connectivity index (χ4v) is 1.68. The predicted molar refractivity (Wildman–Crippen MR) is 64.8 cm³/mol. The molecule has 2 aromatic carbocycles. The molecule has 72 valence electrons. The van der Waals surface area contributed by atoms with Crippen LogP contribution in [0.5, 0.6) is 0 Å². The van der Waals surface area contributed by atoms with Crippen molar-refractivity contribution in [2.75, 3.05) is 0 Å². The molecule has 0 bridgehead atoms. The normalized spacial score (nSPS) is 9.60. The maximum Gasteiger partial charge on any atom is 0.0568 e. The number of hydrogen-bond donors (Lipinski definition) is 0. The molecule has 0 spiro atoms. The molecule has 0 unspecified atom stereocenters. The highest BCUT2D eigenvalue weighted by Gasteiger charge is 2.00. The van der Waals surface area contributed by atoms with Crippen LogP contribution in [0.1, 0.15) is 5.56 Å². The van der Waals surface area contributed by atoms with Crippen molar-refractivity contribution >= 4 is 11.6 Å². The minimum absolute atomic E-state index is 0.624. The van der Waals surface area contributed by atoms with Gasteiger partial charge in [0.15, 0.2) is 0 Å². The zero-order valence-corrected chi connectivity index (χ0v) is 8.83. The van der Waals surface area contributed by atoms with E-state index >= 15 is 0 Å². The molecule has 0 radical (unpaired) electrons. The second-order valence-corrected chi connectivity index (χ2v) is 3.61. The van der Waals surface area contributed by atoms with E-state index in [4.69, 9.17) is 18.0 Å². The van der Waals surface area contributed by atoms with Crippen LogP contribution in [0.4, 0.5) is 0 Å². The van der Waals surface area contributed by atoms with Gasteiger partial charge in [0.2, 0.25) is 0 Å². The first-order valence-corrected chi connectivity index (χ1v) is 5.00. The molecular weight excluding hydrogens is 204 g/mol. The van der Waals surface area contributed by atoms with Crippen LogP contribution in [0.15, 0.2) is 48.5 Å². The monoisotopic (exact) mass is 212 g/mol. The van der Waals surface area contributed by atoms with Gasteiger partial charge in [-0.2, -0.15) is 0 Å². The number of terminal acetylenes is 1. The maximum absolute atomic E-state index is 6.04. The molecule has 0 fully saturated rings. The molecule has 0 amide bonds. The summed E-state index contributed by atoms with van der Waals surface area (Å²) in [7, 11) is 0. The Morgan fingerprint density at radius 3 is 2.27 bits per heavy atom. The van der Waals surface area contributed by atoms with Crippen LogP contribution in [0.25, 0.3) is 11.1 Å². The summed E-state index contributed by atoms with van der Waals surface area (Å²) in [5.41, 5.74) is 2.96. The Kier molecular flexibility index (Phi) is 2.76. The van der Waals surface area contributed by atoms with Gasteiger partial charge in [0.25, 0.3) is 0 Å². The van der Waals surface area contributed by atoms with Gasteiger partial charge in [0.1, 0.15) is 0 Å². The first-order chi connectivity index (χ1) is 7.31. The van der Waals surface area contributed by atoms with Crippen molar-refractivity contribution in [1.82, 2.24) is 0 Å². The summed E-state index contributed by atoms with van der Waals surface area (Å²) < 4.78 is 0. The first kappa shape index (κ1) is 9.83. The van der Waals surface area contributed by atoms with Gasteiger partial charge in [0.05, 0.1) is 5.02 Å². The quantitative estimate of drug-likeness (QED) is 0.627. The fourth-order valence-electron chi connectivity index (χ4n) is 1.44. The SMILES string of the molecule is C#Cc1ccc(-c2ccccc2)cc1Cl. The number of halogens is 1. The van der Waals surface area contributed by atoms with E-state index in [0.717, 1.165) is 16.7 Å². The van der Waals surface area contributed by atoms with E-state index < -0.39 is 0 Å². The Balaban J connectivity index is 2.49. The Morgan fingerprint density at radius 1 is 0.933 bits per heavy atom. The molecule has 0 aliphatic rings. The lowest BCUT2D eigenvalue weighted by molar-refractivity contribution is 1.59. The van der Waals surface area contributed by atoms with Gasteiger partial charge in [-0.25, -0.2) is 0 Å². The summed E-state index contributed by atoms with van der Waals surface area (Å²) in [5, 5.41) is 0.624. The summed E-state index contributed by atoms with van der Waals surface area (Å²) in [4.78, 5) is 0. The molecule has 0 nitrogen and oxygen atoms in total. The number of benzene rings is 2. The standard InChI is InChI=1S/C14H9Cl/c1-2-11-8-9-13(10-14(11)15)12-6-4-3-5-7-12/h1,3-10H. The molecular formula is C14H9Cl. The van der Waals surface area contributed by atoms with E-state index in [1.165, 1.54) is 0 Å². The van der Waals surface area contributed by atoms with Gasteiger partial charge in [-0.3, -0.25) is 0 Å². The molecule has 0 saturated carbocycles. The van der Waals surface area contributed by atoms with Crippen LogP contribution in [-0.4, -0.2) is 0 Å². The molecule has 0 aliphatic carbocycles. The summed E-state index contributed by atoms with van der Waals surface area (Å²) in [5.74, 6) is 2.54. The molecule has 0 heterocycles. The van der Waals surface area contributed by atoms with Crippen LogP contribution in [0.2, 0.25) is 5.02 Å². The molecule has 0 saturated heterocycles. The van der Waals surface area contributed by atoms with Gasteiger partial charge >= 0.3 is 0 Å². The van der Waals surface area contributed by atoms with Gasteiger partial charge < -0.3 is 0 Å². The molecule has 1 heteroatoms. The number of hydrogen-bond acceptors (Lipinski definition) is 0. The van der Waals surface area contributed by atoms with E-state index in [0.29, 0.717) is 5.02 Å². The van der Waals surface area contributed by atoms with Gasteiger partial charge in [-0.15, -0.1) is 6.42 Å². The smallest absolute Gasteiger partial charge is 0.0568 e. The highest BCUT2D eigenvalue weighted by atomic mass is 35.5. The second kappa shape index (κ2) is 4.21. The molecule has 0 aromatic heterocycles. The van der Waals surface area contributed by atoms with Crippen molar-refractivity contribution in [2.45, 2.75) is 0 Å². The second-order valence-electron chi connectivity index (χ2n) is 3.20. The average Bonchev–Trinajstić information content (AvgIpc) is 2.30. The molecule has 15 heavy (non-hydrogen) atoms. The molecule has 0 aliphatic heterocycles. The van der Waals surface area contributed by atoms with E-state index in [1.807, 2.05) is 48.5 Å². The Hall–Kier alpha value is -1.71. The Labute approximate surface area is 94.5 Å². The van der Waals surface area contributed by atoms with E-state index in [-0.39, 0.29) is 0 Å². The summed E-state index contributed by atoms with van der Waals surface area (Å²) in [6.45, 7) is 0. The number of rotatable bonds is 1. The zero-order valence-electron chi connectivity index (χ0n) is 8.07. The van der Waals surface area contributed by atoms with Crippen LogP contribution in [0.3, 0.4) is 0 Å². The third kappa shape index (κ3) is 2.03. The van der Waals surface area contributed by atoms with Crippen LogP contribution >= 0.6 is 11.6 Å². The van der Waals surface area contributed by atoms with Crippen molar-refractivity contribution in [3.05, 3.63) is 59.1 Å². The molecule has 0 N–H and O–H groups in total. The lowest BCUT2D eigenvalue weighted by atomic mass is 10.0. The third-order valence-corrected chi connectivity index (χ3v) is 2.54. The third-order valence-electron chi connectivity index (χ3n) is 2.23. The fraction of sp³-hybridized carbons (Fsp3) is 0. The van der Waals surface area contributed by atoms with Crippen molar-refractivity contribution in [2.24, 2.45) is 0 Å². The molecule has 0 atom stereocenters. The predicted octanol–water partition coefficient (Wildman–Crippen LogP) is 3.99. The molecule has 2 rings (SSSR count). The van der Waals surface area contributed by atoms with Crippen LogP contribution < -0.4 is 0 Å². The Bertz CT molecular complexity index is 507. The van der Waals surface area contributed by atoms with Crippen molar-refractivity contribution in [1.29, 1.82) is 0 Å². The highest BCUT2D eigenvalue weighted by molar-refractivity contribution is 6.32. The van der Waals surface area contributed by atoms with E-state index in [9.17, 15) is 0 Å². The molecule has 2 aromatic rings. The first-order valence-electron chi connectivity index (χ1n) is 4.63. The van der Waals surface area contributed by atoms with Crippen LogP contribution in [-0.2, 0) is 0 Å². The van der Waals surface area contributed by atoms with Crippen LogP contribution in [0, 0.1) is 12.3 Å². The van der Waals surface area contributed by atoms with E-state index in [2.05, 4.69) is 5.92 Å². The van der Waals surface area contributed by atoms with Gasteiger partial charge in [-0.05, 0) is 23.3 Å². The van der Waals surface area contributed by atoms with E-state index in [1.54, 1.807) is 0 Å². The topological polar surface area (TPSA) is 0 Å². The minimum atomic E-state index is 0.624. The zero-order chi connectivity index (χ0) is 10.7. The minimum Gasteiger partial charge on any atom is -0.115 e. The van der Waals surface area contributed by atoms with Crippen molar-refractivity contribution in [3.8, 4) is 23.5 Å².